The van der Waals surface area contributed by atoms with Gasteiger partial charge in [0.15, 0.2) is 0 Å². The van der Waals surface area contributed by atoms with E-state index in [1.807, 2.05) is 54.7 Å². The van der Waals surface area contributed by atoms with Crippen molar-refractivity contribution in [1.29, 1.82) is 0 Å². The van der Waals surface area contributed by atoms with Crippen molar-refractivity contribution in [1.82, 2.24) is 14.5 Å². The van der Waals surface area contributed by atoms with E-state index in [9.17, 15) is 9.59 Å². The van der Waals surface area contributed by atoms with E-state index in [1.54, 1.807) is 23.7 Å². The summed E-state index contributed by atoms with van der Waals surface area (Å²) in [6.07, 6.45) is 4.01. The molecule has 0 unspecified atom stereocenters. The molecule has 1 fully saturated rings. The van der Waals surface area contributed by atoms with Crippen LogP contribution in [0.2, 0.25) is 0 Å². The third-order valence-corrected chi connectivity index (χ3v) is 5.82. The van der Waals surface area contributed by atoms with Crippen LogP contribution < -0.4 is 14.8 Å². The van der Waals surface area contributed by atoms with Gasteiger partial charge in [0.1, 0.15) is 24.7 Å². The second-order valence-electron chi connectivity index (χ2n) is 8.45. The van der Waals surface area contributed by atoms with Gasteiger partial charge in [-0.1, -0.05) is 0 Å². The van der Waals surface area contributed by atoms with E-state index in [4.69, 9.17) is 14.2 Å². The largest absolute Gasteiger partial charge is 0.497 e. The van der Waals surface area contributed by atoms with Gasteiger partial charge in [0.05, 0.1) is 19.9 Å². The number of carbonyl (C=O) groups excluding carboxylic acids is 2. The monoisotopic (exact) mass is 478 g/mol. The van der Waals surface area contributed by atoms with E-state index in [0.717, 1.165) is 35.6 Å². The summed E-state index contributed by atoms with van der Waals surface area (Å²) in [4.78, 5) is 31.7. The first-order valence-electron chi connectivity index (χ1n) is 11.5. The predicted octanol–water partition coefficient (Wildman–Crippen LogP) is 3.38. The molecule has 9 heteroatoms. The standard InChI is InChI=1S/C26H30N4O5/c1-33-17-25(32)29(14-18-4-5-18)16-24(31)28-26-27-23(19-6-10-21(34-2)11-7-19)15-30(26)20-8-12-22(35-3)13-9-20/h6-13,15,18H,4-5,14,16-17H2,1-3H3,(H,27,28,31). The molecule has 1 aliphatic rings. The average molecular weight is 479 g/mol. The molecule has 2 amide bonds. The maximum absolute atomic E-state index is 13.0. The molecule has 1 heterocycles. The Morgan fingerprint density at radius 1 is 1.00 bits per heavy atom. The third kappa shape index (κ3) is 6.19. The van der Waals surface area contributed by atoms with Gasteiger partial charge in [-0.15, -0.1) is 0 Å². The van der Waals surface area contributed by atoms with Gasteiger partial charge in [0.2, 0.25) is 17.8 Å². The summed E-state index contributed by atoms with van der Waals surface area (Å²) in [5.74, 6) is 1.75. The second kappa shape index (κ2) is 11.1. The Morgan fingerprint density at radius 3 is 2.20 bits per heavy atom. The minimum atomic E-state index is -0.322. The lowest BCUT2D eigenvalue weighted by molar-refractivity contribution is -0.138. The average Bonchev–Trinajstić information content (AvgIpc) is 3.61. The van der Waals surface area contributed by atoms with Crippen LogP contribution >= 0.6 is 0 Å². The zero-order valence-corrected chi connectivity index (χ0v) is 20.2. The molecule has 0 bridgehead atoms. The van der Waals surface area contributed by atoms with Gasteiger partial charge >= 0.3 is 0 Å². The summed E-state index contributed by atoms with van der Waals surface area (Å²) in [6, 6.07) is 15.0. The topological polar surface area (TPSA) is 94.9 Å². The van der Waals surface area contributed by atoms with Crippen molar-refractivity contribution in [2.24, 2.45) is 5.92 Å². The minimum absolute atomic E-state index is 0.0535. The van der Waals surface area contributed by atoms with Gasteiger partial charge in [-0.2, -0.15) is 0 Å². The molecular weight excluding hydrogens is 448 g/mol. The quantitative estimate of drug-likeness (QED) is 0.454. The molecule has 0 atom stereocenters. The Kier molecular flexibility index (Phi) is 7.67. The SMILES string of the molecule is COCC(=O)N(CC(=O)Nc1nc(-c2ccc(OC)cc2)cn1-c1ccc(OC)cc1)CC1CC1. The summed E-state index contributed by atoms with van der Waals surface area (Å²) in [6.45, 7) is 0.438. The van der Waals surface area contributed by atoms with E-state index in [0.29, 0.717) is 24.1 Å². The van der Waals surface area contributed by atoms with Crippen LogP contribution in [-0.4, -0.2) is 67.3 Å². The number of carbonyl (C=O) groups is 2. The van der Waals surface area contributed by atoms with E-state index in [1.165, 1.54) is 7.11 Å². The van der Waals surface area contributed by atoms with Crippen molar-refractivity contribution in [3.8, 4) is 28.4 Å². The maximum atomic E-state index is 13.0. The fourth-order valence-electron chi connectivity index (χ4n) is 3.73. The number of amides is 2. The molecule has 9 nitrogen and oxygen atoms in total. The second-order valence-corrected chi connectivity index (χ2v) is 8.45. The highest BCUT2D eigenvalue weighted by Gasteiger charge is 2.28. The number of imidazole rings is 1. The van der Waals surface area contributed by atoms with Crippen LogP contribution in [0.5, 0.6) is 11.5 Å². The Morgan fingerprint density at radius 2 is 1.63 bits per heavy atom. The number of methoxy groups -OCH3 is 3. The molecule has 35 heavy (non-hydrogen) atoms. The molecule has 0 aliphatic heterocycles. The normalized spacial score (nSPS) is 12.8. The van der Waals surface area contributed by atoms with Crippen LogP contribution in [0.15, 0.2) is 54.7 Å². The molecule has 1 aromatic heterocycles. The van der Waals surface area contributed by atoms with Gasteiger partial charge < -0.3 is 19.1 Å². The summed E-state index contributed by atoms with van der Waals surface area (Å²) < 4.78 is 17.3. The molecule has 2 aromatic carbocycles. The van der Waals surface area contributed by atoms with Crippen molar-refractivity contribution >= 4 is 17.8 Å². The first kappa shape index (κ1) is 24.3. The van der Waals surface area contributed by atoms with Crippen molar-refractivity contribution in [2.75, 3.05) is 46.3 Å². The van der Waals surface area contributed by atoms with E-state index in [-0.39, 0.29) is 25.0 Å². The fourth-order valence-corrected chi connectivity index (χ4v) is 3.73. The summed E-state index contributed by atoms with van der Waals surface area (Å²) in [7, 11) is 4.70. The van der Waals surface area contributed by atoms with Crippen molar-refractivity contribution in [3.05, 3.63) is 54.7 Å². The zero-order valence-electron chi connectivity index (χ0n) is 20.2. The molecule has 1 aliphatic carbocycles. The van der Waals surface area contributed by atoms with Gasteiger partial charge in [-0.25, -0.2) is 4.98 Å². The summed E-state index contributed by atoms with van der Waals surface area (Å²) in [5.41, 5.74) is 2.36. The van der Waals surface area contributed by atoms with Crippen LogP contribution in [0.1, 0.15) is 12.8 Å². The number of rotatable bonds is 11. The molecule has 184 valence electrons. The van der Waals surface area contributed by atoms with E-state index in [2.05, 4.69) is 10.3 Å². The van der Waals surface area contributed by atoms with Crippen molar-refractivity contribution in [2.45, 2.75) is 12.8 Å². The lowest BCUT2D eigenvalue weighted by Gasteiger charge is -2.21. The van der Waals surface area contributed by atoms with E-state index >= 15 is 0 Å². The zero-order chi connectivity index (χ0) is 24.8. The number of nitrogens with zero attached hydrogens (tertiary/aromatic N) is 3. The smallest absolute Gasteiger partial charge is 0.249 e. The third-order valence-electron chi connectivity index (χ3n) is 5.82. The molecule has 1 saturated carbocycles. The Hall–Kier alpha value is -3.85. The first-order valence-corrected chi connectivity index (χ1v) is 11.5. The number of hydrogen-bond acceptors (Lipinski definition) is 6. The number of anilines is 1. The lowest BCUT2D eigenvalue weighted by atomic mass is 10.1. The Labute approximate surface area is 204 Å². The minimum Gasteiger partial charge on any atom is -0.497 e. The Balaban J connectivity index is 1.59. The highest BCUT2D eigenvalue weighted by atomic mass is 16.5. The van der Waals surface area contributed by atoms with E-state index < -0.39 is 0 Å². The number of ether oxygens (including phenoxy) is 3. The Bertz CT molecular complexity index is 1150. The van der Waals surface area contributed by atoms with Crippen molar-refractivity contribution in [3.63, 3.8) is 0 Å². The van der Waals surface area contributed by atoms with Crippen LogP contribution in [0.4, 0.5) is 5.95 Å². The number of aromatic nitrogens is 2. The molecule has 4 rings (SSSR count). The number of benzene rings is 2. The van der Waals surface area contributed by atoms with Gasteiger partial charge in [0.25, 0.3) is 0 Å². The highest BCUT2D eigenvalue weighted by molar-refractivity contribution is 5.94. The predicted molar refractivity (Wildman–Crippen MR) is 132 cm³/mol. The van der Waals surface area contributed by atoms with Gasteiger partial charge in [0, 0.05) is 31.1 Å². The fraction of sp³-hybridized carbons (Fsp3) is 0.346. The van der Waals surface area contributed by atoms with Crippen LogP contribution in [0.3, 0.4) is 0 Å². The summed E-state index contributed by atoms with van der Waals surface area (Å²) >= 11 is 0. The van der Waals surface area contributed by atoms with Gasteiger partial charge in [-0.05, 0) is 67.3 Å². The summed E-state index contributed by atoms with van der Waals surface area (Å²) in [5, 5.41) is 2.89. The molecule has 0 radical (unpaired) electrons. The van der Waals surface area contributed by atoms with Crippen LogP contribution in [-0.2, 0) is 14.3 Å². The number of nitrogens with one attached hydrogen (secondary N) is 1. The molecule has 3 aromatic rings. The number of hydrogen-bond donors (Lipinski definition) is 1. The van der Waals surface area contributed by atoms with Crippen molar-refractivity contribution < 1.29 is 23.8 Å². The molecule has 0 spiro atoms. The van der Waals surface area contributed by atoms with Crippen LogP contribution in [0, 0.1) is 5.92 Å². The maximum Gasteiger partial charge on any atom is 0.249 e. The lowest BCUT2D eigenvalue weighted by Crippen LogP contribution is -2.41. The molecule has 1 N–H and O–H groups in total. The highest BCUT2D eigenvalue weighted by Crippen LogP contribution is 2.30. The van der Waals surface area contributed by atoms with Crippen LogP contribution in [0.25, 0.3) is 16.9 Å². The molecule has 0 saturated heterocycles. The first-order chi connectivity index (χ1) is 17.0. The van der Waals surface area contributed by atoms with Gasteiger partial charge in [-0.3, -0.25) is 19.5 Å². The molecular formula is C26H30N4O5.